The number of thiocarbonyl (C=S) groups is 1. The van der Waals surface area contributed by atoms with Gasteiger partial charge in [-0.15, -0.1) is 11.8 Å². The molecule has 1 heterocycles. The monoisotopic (exact) mass is 296 g/mol. The van der Waals surface area contributed by atoms with Crippen molar-refractivity contribution in [2.45, 2.75) is 6.54 Å². The van der Waals surface area contributed by atoms with Gasteiger partial charge in [0, 0.05) is 32.7 Å². The van der Waals surface area contributed by atoms with Gasteiger partial charge in [0.15, 0.2) is 0 Å². The number of benzene rings is 1. The van der Waals surface area contributed by atoms with Crippen molar-refractivity contribution < 1.29 is 4.74 Å². The molecule has 0 radical (unpaired) electrons. The van der Waals surface area contributed by atoms with Crippen molar-refractivity contribution in [2.24, 2.45) is 0 Å². The lowest BCUT2D eigenvalue weighted by Crippen LogP contribution is -2.47. The lowest BCUT2D eigenvalue weighted by atomic mass is 10.2. The molecule has 1 aromatic rings. The van der Waals surface area contributed by atoms with Crippen LogP contribution in [0, 0.1) is 0 Å². The number of hydrogen-bond donors (Lipinski definition) is 0. The molecule has 0 spiro atoms. The number of hydrogen-bond acceptors (Lipinski definition) is 4. The zero-order valence-electron chi connectivity index (χ0n) is 11.5. The summed E-state index contributed by atoms with van der Waals surface area (Å²) >= 11 is 6.99. The van der Waals surface area contributed by atoms with Crippen LogP contribution in [0.3, 0.4) is 0 Å². The van der Waals surface area contributed by atoms with Crippen molar-refractivity contribution in [3.8, 4) is 5.75 Å². The van der Waals surface area contributed by atoms with E-state index in [1.807, 2.05) is 18.4 Å². The number of nitrogens with zero attached hydrogens (tertiary/aromatic N) is 2. The molecular weight excluding hydrogens is 276 g/mol. The summed E-state index contributed by atoms with van der Waals surface area (Å²) < 4.78 is 6.28. The van der Waals surface area contributed by atoms with E-state index in [0.717, 1.165) is 42.8 Å². The van der Waals surface area contributed by atoms with E-state index < -0.39 is 0 Å². The molecule has 19 heavy (non-hydrogen) atoms. The largest absolute Gasteiger partial charge is 0.497 e. The molecule has 0 aromatic heterocycles. The molecule has 5 heteroatoms. The third-order valence-electron chi connectivity index (χ3n) is 3.35. The Labute approximate surface area is 124 Å². The summed E-state index contributed by atoms with van der Waals surface area (Å²) in [5.41, 5.74) is 1.31. The quantitative estimate of drug-likeness (QED) is 0.794. The van der Waals surface area contributed by atoms with Gasteiger partial charge in [-0.1, -0.05) is 24.4 Å². The lowest BCUT2D eigenvalue weighted by molar-refractivity contribution is 0.179. The average molecular weight is 296 g/mol. The van der Waals surface area contributed by atoms with E-state index in [9.17, 15) is 0 Å². The zero-order valence-corrected chi connectivity index (χ0v) is 13.1. The molecule has 2 rings (SSSR count). The van der Waals surface area contributed by atoms with Gasteiger partial charge in [0.25, 0.3) is 0 Å². The summed E-state index contributed by atoms with van der Waals surface area (Å²) in [6, 6.07) is 8.30. The van der Waals surface area contributed by atoms with Gasteiger partial charge in [0.1, 0.15) is 10.1 Å². The Morgan fingerprint density at radius 2 is 2.05 bits per heavy atom. The SMILES string of the molecule is COc1cccc(CN2CCN(C(=S)SC)CC2)c1. The normalized spacial score (nSPS) is 16.4. The molecule has 0 saturated carbocycles. The Kier molecular flexibility index (Phi) is 5.48. The topological polar surface area (TPSA) is 15.7 Å². The van der Waals surface area contributed by atoms with Crippen molar-refractivity contribution in [1.29, 1.82) is 0 Å². The van der Waals surface area contributed by atoms with Gasteiger partial charge in [-0.2, -0.15) is 0 Å². The fraction of sp³-hybridized carbons (Fsp3) is 0.500. The van der Waals surface area contributed by atoms with E-state index in [1.165, 1.54) is 5.56 Å². The third kappa shape index (κ3) is 4.09. The van der Waals surface area contributed by atoms with Crippen LogP contribution >= 0.6 is 24.0 Å². The fourth-order valence-corrected chi connectivity index (χ4v) is 2.87. The highest BCUT2D eigenvalue weighted by Crippen LogP contribution is 2.16. The van der Waals surface area contributed by atoms with Gasteiger partial charge in [0.2, 0.25) is 0 Å². The van der Waals surface area contributed by atoms with E-state index in [-0.39, 0.29) is 0 Å². The summed E-state index contributed by atoms with van der Waals surface area (Å²) in [5, 5.41) is 0. The first-order valence-corrected chi connectivity index (χ1v) is 8.04. The molecule has 104 valence electrons. The van der Waals surface area contributed by atoms with Gasteiger partial charge >= 0.3 is 0 Å². The van der Waals surface area contributed by atoms with Gasteiger partial charge in [0.05, 0.1) is 7.11 Å². The smallest absolute Gasteiger partial charge is 0.136 e. The Morgan fingerprint density at radius 3 is 2.68 bits per heavy atom. The summed E-state index contributed by atoms with van der Waals surface area (Å²) in [5.74, 6) is 0.930. The second-order valence-corrected chi connectivity index (χ2v) is 6.02. The molecule has 0 amide bonds. The Morgan fingerprint density at radius 1 is 1.32 bits per heavy atom. The highest BCUT2D eigenvalue weighted by atomic mass is 32.2. The molecule has 0 bridgehead atoms. The first-order valence-electron chi connectivity index (χ1n) is 6.41. The molecule has 0 aliphatic carbocycles. The number of methoxy groups -OCH3 is 1. The molecule has 3 nitrogen and oxygen atoms in total. The van der Waals surface area contributed by atoms with Crippen LogP contribution in [-0.2, 0) is 6.54 Å². The minimum absolute atomic E-state index is 0.930. The minimum atomic E-state index is 0.930. The maximum Gasteiger partial charge on any atom is 0.136 e. The Hall–Kier alpha value is -0.780. The van der Waals surface area contributed by atoms with Gasteiger partial charge in [-0.05, 0) is 24.0 Å². The highest BCUT2D eigenvalue weighted by Gasteiger charge is 2.18. The van der Waals surface area contributed by atoms with Crippen LogP contribution in [0.5, 0.6) is 5.75 Å². The van der Waals surface area contributed by atoms with Crippen LogP contribution in [0.4, 0.5) is 0 Å². The zero-order chi connectivity index (χ0) is 13.7. The standard InChI is InChI=1S/C14H20N2OS2/c1-17-13-5-3-4-12(10-13)11-15-6-8-16(9-7-15)14(18)19-2/h3-5,10H,6-9,11H2,1-2H3. The third-order valence-corrected chi connectivity index (χ3v) is 4.71. The van der Waals surface area contributed by atoms with Crippen LogP contribution in [0.15, 0.2) is 24.3 Å². The van der Waals surface area contributed by atoms with Crippen molar-refractivity contribution in [1.82, 2.24) is 9.80 Å². The molecule has 0 unspecified atom stereocenters. The van der Waals surface area contributed by atoms with Crippen LogP contribution in [0.25, 0.3) is 0 Å². The molecular formula is C14H20N2OS2. The van der Waals surface area contributed by atoms with E-state index in [0.29, 0.717) is 0 Å². The molecule has 1 fully saturated rings. The lowest BCUT2D eigenvalue weighted by Gasteiger charge is -2.35. The van der Waals surface area contributed by atoms with Crippen molar-refractivity contribution in [2.75, 3.05) is 39.5 Å². The maximum absolute atomic E-state index is 5.33. The summed E-state index contributed by atoms with van der Waals surface area (Å²) in [7, 11) is 1.71. The molecule has 1 aromatic carbocycles. The van der Waals surface area contributed by atoms with Crippen LogP contribution in [-0.4, -0.2) is 53.7 Å². The average Bonchev–Trinajstić information content (AvgIpc) is 2.47. The van der Waals surface area contributed by atoms with Gasteiger partial charge in [-0.3, -0.25) is 4.90 Å². The minimum Gasteiger partial charge on any atom is -0.497 e. The predicted molar refractivity (Wildman–Crippen MR) is 86.0 cm³/mol. The predicted octanol–water partition coefficient (Wildman–Crippen LogP) is 2.46. The molecule has 0 N–H and O–H groups in total. The van der Waals surface area contributed by atoms with E-state index >= 15 is 0 Å². The second kappa shape index (κ2) is 7.12. The molecule has 1 saturated heterocycles. The second-order valence-electron chi connectivity index (χ2n) is 4.58. The van der Waals surface area contributed by atoms with E-state index in [2.05, 4.69) is 21.9 Å². The van der Waals surface area contributed by atoms with Crippen LogP contribution in [0.2, 0.25) is 0 Å². The fourth-order valence-electron chi connectivity index (χ4n) is 2.25. The number of rotatable bonds is 3. The Bertz CT molecular complexity index is 431. The van der Waals surface area contributed by atoms with Crippen LogP contribution in [0.1, 0.15) is 5.56 Å². The van der Waals surface area contributed by atoms with Crippen molar-refractivity contribution in [3.05, 3.63) is 29.8 Å². The number of piperazine rings is 1. The molecule has 1 aliphatic rings. The van der Waals surface area contributed by atoms with Gasteiger partial charge in [-0.25, -0.2) is 0 Å². The molecule has 0 atom stereocenters. The van der Waals surface area contributed by atoms with Crippen LogP contribution < -0.4 is 4.74 Å². The van der Waals surface area contributed by atoms with Gasteiger partial charge < -0.3 is 9.64 Å². The van der Waals surface area contributed by atoms with Crippen molar-refractivity contribution >= 4 is 28.3 Å². The highest BCUT2D eigenvalue weighted by molar-refractivity contribution is 8.22. The van der Waals surface area contributed by atoms with E-state index in [1.54, 1.807) is 18.9 Å². The number of thioether (sulfide) groups is 1. The Balaban J connectivity index is 1.86. The first-order chi connectivity index (χ1) is 9.22. The maximum atomic E-state index is 5.33. The summed E-state index contributed by atoms with van der Waals surface area (Å²) in [6.45, 7) is 5.18. The number of ether oxygens (including phenoxy) is 1. The van der Waals surface area contributed by atoms with E-state index in [4.69, 9.17) is 17.0 Å². The first kappa shape index (κ1) is 14.6. The molecule has 1 aliphatic heterocycles. The summed E-state index contributed by atoms with van der Waals surface area (Å²) in [4.78, 5) is 4.76. The van der Waals surface area contributed by atoms with Crippen molar-refractivity contribution in [3.63, 3.8) is 0 Å². The summed E-state index contributed by atoms with van der Waals surface area (Å²) in [6.07, 6.45) is 2.05.